The van der Waals surface area contributed by atoms with Crippen LogP contribution in [0.2, 0.25) is 0 Å². The highest BCUT2D eigenvalue weighted by molar-refractivity contribution is 7.78. The summed E-state index contributed by atoms with van der Waals surface area (Å²) in [5.41, 5.74) is 2.03. The van der Waals surface area contributed by atoms with Crippen LogP contribution in [-0.4, -0.2) is 5.16 Å². The molecule has 0 saturated heterocycles. The van der Waals surface area contributed by atoms with Gasteiger partial charge in [0.05, 0.1) is 16.8 Å². The van der Waals surface area contributed by atoms with Gasteiger partial charge in [0.2, 0.25) is 0 Å². The molecule has 4 heteroatoms. The fraction of sp³-hybridized carbons (Fsp3) is 0.190. The normalized spacial score (nSPS) is 12.7. The van der Waals surface area contributed by atoms with Crippen molar-refractivity contribution in [2.45, 2.75) is 25.2 Å². The Morgan fingerprint density at radius 2 is 1.56 bits per heavy atom. The van der Waals surface area contributed by atoms with Crippen LogP contribution in [0.15, 0.2) is 41.4 Å². The largest absolute Gasteiger partial charge is 0.205 e. The minimum absolute atomic E-state index is 0.252. The number of isothiocyanates is 1. The molecule has 1 nitrogen and oxygen atoms in total. The van der Waals surface area contributed by atoms with Gasteiger partial charge >= 0.3 is 0 Å². The zero-order valence-corrected chi connectivity index (χ0v) is 14.1. The van der Waals surface area contributed by atoms with Crippen LogP contribution in [-0.2, 0) is 0 Å². The summed E-state index contributed by atoms with van der Waals surface area (Å²) in [4.78, 5) is 3.32. The molecule has 0 unspecified atom stereocenters. The lowest BCUT2D eigenvalue weighted by molar-refractivity contribution is 0.420. The monoisotopic (exact) mass is 349 g/mol. The highest BCUT2D eigenvalue weighted by Crippen LogP contribution is 2.36. The Bertz CT molecular complexity index is 938. The lowest BCUT2D eigenvalue weighted by Crippen LogP contribution is -2.08. The van der Waals surface area contributed by atoms with E-state index in [-0.39, 0.29) is 11.1 Å². The van der Waals surface area contributed by atoms with Crippen molar-refractivity contribution in [2.24, 2.45) is 4.99 Å². The minimum atomic E-state index is -0.781. The molecular formula is C21H13F2NS. The maximum atomic E-state index is 14.0. The molecule has 1 aliphatic carbocycles. The van der Waals surface area contributed by atoms with Gasteiger partial charge in [-0.1, -0.05) is 30.4 Å². The molecule has 0 atom stereocenters. The molecule has 1 saturated carbocycles. The van der Waals surface area contributed by atoms with Crippen LogP contribution in [0.1, 0.15) is 47.4 Å². The molecule has 1 aliphatic rings. The quantitative estimate of drug-likeness (QED) is 0.399. The molecule has 0 N–H and O–H groups in total. The summed E-state index contributed by atoms with van der Waals surface area (Å²) in [6, 6.07) is 12.5. The molecule has 0 amide bonds. The zero-order valence-electron chi connectivity index (χ0n) is 13.3. The number of hydrogen-bond donors (Lipinski definition) is 0. The second-order valence-corrected chi connectivity index (χ2v) is 5.94. The topological polar surface area (TPSA) is 12.4 Å². The number of aliphatic imine (C=N–C) groups is 1. The summed E-state index contributed by atoms with van der Waals surface area (Å²) in [5.74, 6) is 7.08. The van der Waals surface area contributed by atoms with Gasteiger partial charge in [0.25, 0.3) is 0 Å². The number of rotatable bonds is 1. The van der Waals surface area contributed by atoms with Crippen molar-refractivity contribution >= 4 is 17.4 Å². The Balaban J connectivity index is 1.80. The second-order valence-electron chi connectivity index (χ2n) is 5.75. The van der Waals surface area contributed by atoms with Crippen LogP contribution in [0.3, 0.4) is 0 Å². The van der Waals surface area contributed by atoms with Gasteiger partial charge in [-0.05, 0) is 66.7 Å². The molecule has 2 aromatic carbocycles. The van der Waals surface area contributed by atoms with E-state index in [1.54, 1.807) is 0 Å². The highest BCUT2D eigenvalue weighted by atomic mass is 32.1. The summed E-state index contributed by atoms with van der Waals surface area (Å²) in [7, 11) is 0. The van der Waals surface area contributed by atoms with Crippen molar-refractivity contribution in [1.29, 1.82) is 0 Å². The third-order valence-corrected chi connectivity index (χ3v) is 4.25. The minimum Gasteiger partial charge on any atom is -0.205 e. The molecule has 3 rings (SSSR count). The zero-order chi connectivity index (χ0) is 17.6. The Morgan fingerprint density at radius 3 is 2.12 bits per heavy atom. The second kappa shape index (κ2) is 7.86. The lowest BCUT2D eigenvalue weighted by atomic mass is 9.80. The van der Waals surface area contributed by atoms with E-state index in [4.69, 9.17) is 0 Å². The third-order valence-electron chi connectivity index (χ3n) is 4.16. The molecule has 1 fully saturated rings. The Hall–Kier alpha value is -2.78. The summed E-state index contributed by atoms with van der Waals surface area (Å²) in [6.07, 6.45) is 3.78. The van der Waals surface area contributed by atoms with E-state index in [2.05, 4.69) is 53.1 Å². The SMILES string of the molecule is Fc1cc(C#Cc2ccc(C3CCC3)cc2)cc(F)c1C#CN=C=S. The molecule has 2 aromatic rings. The van der Waals surface area contributed by atoms with E-state index in [1.807, 2.05) is 17.3 Å². The van der Waals surface area contributed by atoms with Gasteiger partial charge in [-0.3, -0.25) is 0 Å². The molecule has 122 valence electrons. The average Bonchev–Trinajstić information content (AvgIpc) is 2.55. The Labute approximate surface area is 150 Å². The van der Waals surface area contributed by atoms with Crippen LogP contribution in [0.4, 0.5) is 8.78 Å². The fourth-order valence-electron chi connectivity index (χ4n) is 2.60. The molecule has 0 aliphatic heterocycles. The van der Waals surface area contributed by atoms with E-state index >= 15 is 0 Å². The summed E-state index contributed by atoms with van der Waals surface area (Å²) in [5, 5.41) is 2.01. The fourth-order valence-corrected chi connectivity index (χ4v) is 2.64. The summed E-state index contributed by atoms with van der Waals surface area (Å²) in [6.45, 7) is 0. The van der Waals surface area contributed by atoms with E-state index in [1.165, 1.54) is 24.8 Å². The number of halogens is 2. The molecular weight excluding hydrogens is 336 g/mol. The lowest BCUT2D eigenvalue weighted by Gasteiger charge is -2.25. The molecule has 0 spiro atoms. The Morgan fingerprint density at radius 1 is 0.920 bits per heavy atom. The van der Waals surface area contributed by atoms with Gasteiger partial charge in [-0.25, -0.2) is 8.78 Å². The van der Waals surface area contributed by atoms with Gasteiger partial charge in [0.15, 0.2) is 0 Å². The van der Waals surface area contributed by atoms with Gasteiger partial charge < -0.3 is 0 Å². The Kier molecular flexibility index (Phi) is 5.36. The summed E-state index contributed by atoms with van der Waals surface area (Å²) >= 11 is 4.34. The highest BCUT2D eigenvalue weighted by Gasteiger charge is 2.18. The first kappa shape index (κ1) is 17.1. The van der Waals surface area contributed by atoms with Gasteiger partial charge in [0.1, 0.15) is 11.6 Å². The van der Waals surface area contributed by atoms with Crippen molar-refractivity contribution in [3.63, 3.8) is 0 Å². The van der Waals surface area contributed by atoms with E-state index in [9.17, 15) is 8.78 Å². The van der Waals surface area contributed by atoms with Crippen molar-refractivity contribution in [1.82, 2.24) is 0 Å². The molecule has 0 heterocycles. The first-order chi connectivity index (χ1) is 12.2. The van der Waals surface area contributed by atoms with Gasteiger partial charge in [-0.2, -0.15) is 0 Å². The number of benzene rings is 2. The molecule has 25 heavy (non-hydrogen) atoms. The maximum absolute atomic E-state index is 14.0. The van der Waals surface area contributed by atoms with Crippen LogP contribution < -0.4 is 0 Å². The smallest absolute Gasteiger partial charge is 0.143 e. The number of nitrogens with zero attached hydrogens (tertiary/aromatic N) is 1. The predicted octanol–water partition coefficient (Wildman–Crippen LogP) is 5.04. The van der Waals surface area contributed by atoms with Crippen LogP contribution in [0.5, 0.6) is 0 Å². The standard InChI is InChI=1S/C21H13F2NS/c22-20-12-16(13-21(23)19(20)10-11-24-14-25)5-4-15-6-8-18(9-7-15)17-2-1-3-17/h6-9,12-13,17H,1-3H2. The molecule has 0 bridgehead atoms. The van der Waals surface area contributed by atoms with E-state index < -0.39 is 11.6 Å². The van der Waals surface area contributed by atoms with Crippen molar-refractivity contribution in [3.8, 4) is 23.8 Å². The third kappa shape index (κ3) is 4.20. The summed E-state index contributed by atoms with van der Waals surface area (Å²) < 4.78 is 27.9. The van der Waals surface area contributed by atoms with Gasteiger partial charge in [-0.15, -0.1) is 4.99 Å². The van der Waals surface area contributed by atoms with Crippen LogP contribution in [0.25, 0.3) is 0 Å². The van der Waals surface area contributed by atoms with E-state index in [0.717, 1.165) is 17.7 Å². The number of thiocarbonyl (C=S) groups is 1. The van der Waals surface area contributed by atoms with Crippen molar-refractivity contribution in [3.05, 3.63) is 70.3 Å². The van der Waals surface area contributed by atoms with E-state index in [0.29, 0.717) is 5.92 Å². The van der Waals surface area contributed by atoms with Gasteiger partial charge in [0, 0.05) is 11.1 Å². The molecule has 0 radical (unpaired) electrons. The maximum Gasteiger partial charge on any atom is 0.143 e. The van der Waals surface area contributed by atoms with Crippen LogP contribution in [0, 0.1) is 35.4 Å². The van der Waals surface area contributed by atoms with Crippen molar-refractivity contribution in [2.75, 3.05) is 0 Å². The van der Waals surface area contributed by atoms with Crippen molar-refractivity contribution < 1.29 is 8.78 Å². The predicted molar refractivity (Wildman–Crippen MR) is 97.3 cm³/mol. The first-order valence-electron chi connectivity index (χ1n) is 7.86. The number of hydrogen-bond acceptors (Lipinski definition) is 2. The average molecular weight is 349 g/mol. The molecule has 0 aromatic heterocycles. The van der Waals surface area contributed by atoms with Crippen LogP contribution >= 0.6 is 12.2 Å². The first-order valence-corrected chi connectivity index (χ1v) is 8.27.